The van der Waals surface area contributed by atoms with Crippen LogP contribution in [0.25, 0.3) is 0 Å². The fraction of sp³-hybridized carbons (Fsp3) is 0.143. The summed E-state index contributed by atoms with van der Waals surface area (Å²) in [6.07, 6.45) is 0. The van der Waals surface area contributed by atoms with Gasteiger partial charge in [-0.05, 0) is 12.1 Å². The van der Waals surface area contributed by atoms with Crippen LogP contribution in [0.3, 0.4) is 0 Å². The maximum Gasteiger partial charge on any atom is 0.267 e. The van der Waals surface area contributed by atoms with Crippen LogP contribution in [-0.4, -0.2) is 18.0 Å². The maximum absolute atomic E-state index is 10.6. The second-order valence-corrected chi connectivity index (χ2v) is 2.46. The van der Waals surface area contributed by atoms with Crippen molar-refractivity contribution in [3.63, 3.8) is 0 Å². The molecule has 0 atom stereocenters. The van der Waals surface area contributed by atoms with Crippen molar-refractivity contribution in [2.45, 2.75) is 0 Å². The Bertz CT molecular complexity index is 314. The summed E-state index contributed by atoms with van der Waals surface area (Å²) in [6, 6.07) is 2.95. The average molecular weight is 187 g/mol. The van der Waals surface area contributed by atoms with Crippen LogP contribution in [-0.2, 0) is 0 Å². The van der Waals surface area contributed by atoms with Gasteiger partial charge in [-0.2, -0.15) is 0 Å². The molecule has 0 fully saturated rings. The van der Waals surface area contributed by atoms with Gasteiger partial charge in [-0.15, -0.1) is 0 Å². The van der Waals surface area contributed by atoms with Gasteiger partial charge < -0.3 is 10.5 Å². The van der Waals surface area contributed by atoms with Crippen molar-refractivity contribution in [3.8, 4) is 5.88 Å². The summed E-state index contributed by atoms with van der Waals surface area (Å²) in [6.45, 7) is 0. The SMILES string of the molecule is COc1nc(C(N)=O)ccc1Cl. The van der Waals surface area contributed by atoms with Gasteiger partial charge in [0.1, 0.15) is 10.7 Å². The molecule has 12 heavy (non-hydrogen) atoms. The lowest BCUT2D eigenvalue weighted by Gasteiger charge is -2.01. The molecular weight excluding hydrogens is 180 g/mol. The highest BCUT2D eigenvalue weighted by Gasteiger charge is 2.06. The summed E-state index contributed by atoms with van der Waals surface area (Å²) >= 11 is 5.66. The predicted molar refractivity (Wildman–Crippen MR) is 44.3 cm³/mol. The van der Waals surface area contributed by atoms with Crippen molar-refractivity contribution in [1.29, 1.82) is 0 Å². The smallest absolute Gasteiger partial charge is 0.267 e. The Morgan fingerprint density at radius 3 is 2.83 bits per heavy atom. The van der Waals surface area contributed by atoms with Gasteiger partial charge in [-0.1, -0.05) is 11.6 Å². The number of ether oxygens (including phenoxy) is 1. The van der Waals surface area contributed by atoms with Gasteiger partial charge in [0, 0.05) is 0 Å². The second-order valence-electron chi connectivity index (χ2n) is 2.05. The van der Waals surface area contributed by atoms with Crippen molar-refractivity contribution in [3.05, 3.63) is 22.8 Å². The van der Waals surface area contributed by atoms with Crippen molar-refractivity contribution < 1.29 is 9.53 Å². The van der Waals surface area contributed by atoms with Crippen LogP contribution in [0.4, 0.5) is 0 Å². The van der Waals surface area contributed by atoms with Gasteiger partial charge in [0.15, 0.2) is 0 Å². The van der Waals surface area contributed by atoms with Gasteiger partial charge in [-0.3, -0.25) is 4.79 Å². The van der Waals surface area contributed by atoms with Crippen LogP contribution in [0.2, 0.25) is 5.02 Å². The summed E-state index contributed by atoms with van der Waals surface area (Å²) < 4.78 is 4.78. The highest BCUT2D eigenvalue weighted by Crippen LogP contribution is 2.20. The molecule has 0 aliphatic rings. The number of halogens is 1. The summed E-state index contributed by atoms with van der Waals surface area (Å²) in [5.74, 6) is -0.405. The molecule has 64 valence electrons. The zero-order valence-electron chi connectivity index (χ0n) is 6.37. The van der Waals surface area contributed by atoms with E-state index in [-0.39, 0.29) is 11.6 Å². The van der Waals surface area contributed by atoms with Crippen LogP contribution >= 0.6 is 11.6 Å². The first-order chi connectivity index (χ1) is 5.65. The number of amides is 1. The number of methoxy groups -OCH3 is 1. The Hall–Kier alpha value is -1.29. The van der Waals surface area contributed by atoms with Crippen LogP contribution in [0, 0.1) is 0 Å². The molecule has 4 nitrogen and oxygen atoms in total. The standard InChI is InChI=1S/C7H7ClN2O2/c1-12-7-4(8)2-3-5(10-7)6(9)11/h2-3H,1H3,(H2,9,11). The Kier molecular flexibility index (Phi) is 2.50. The molecule has 1 aromatic rings. The maximum atomic E-state index is 10.6. The molecular formula is C7H7ClN2O2. The van der Waals surface area contributed by atoms with Gasteiger partial charge in [0.2, 0.25) is 5.88 Å². The number of nitrogens with two attached hydrogens (primary N) is 1. The van der Waals surface area contributed by atoms with Crippen molar-refractivity contribution >= 4 is 17.5 Å². The van der Waals surface area contributed by atoms with Crippen LogP contribution in [0.15, 0.2) is 12.1 Å². The largest absolute Gasteiger partial charge is 0.480 e. The fourth-order valence-electron chi connectivity index (χ4n) is 0.704. The zero-order chi connectivity index (χ0) is 9.14. The van der Waals surface area contributed by atoms with Crippen molar-refractivity contribution in [1.82, 2.24) is 4.98 Å². The third-order valence-corrected chi connectivity index (χ3v) is 1.55. The molecule has 0 bridgehead atoms. The molecule has 0 aromatic carbocycles. The third kappa shape index (κ3) is 1.65. The Morgan fingerprint density at radius 1 is 1.67 bits per heavy atom. The third-order valence-electron chi connectivity index (χ3n) is 1.26. The molecule has 2 N–H and O–H groups in total. The Balaban J connectivity index is 3.13. The number of carbonyl (C=O) groups excluding carboxylic acids is 1. The van der Waals surface area contributed by atoms with Gasteiger partial charge >= 0.3 is 0 Å². The van der Waals surface area contributed by atoms with Crippen LogP contribution < -0.4 is 10.5 Å². The van der Waals surface area contributed by atoms with E-state index in [1.807, 2.05) is 0 Å². The first-order valence-electron chi connectivity index (χ1n) is 3.15. The normalized spacial score (nSPS) is 9.50. The van der Waals surface area contributed by atoms with E-state index in [1.165, 1.54) is 19.2 Å². The van der Waals surface area contributed by atoms with E-state index in [1.54, 1.807) is 0 Å². The van der Waals surface area contributed by atoms with Crippen LogP contribution in [0.5, 0.6) is 5.88 Å². The molecule has 1 aromatic heterocycles. The lowest BCUT2D eigenvalue weighted by molar-refractivity contribution is 0.0995. The number of primary amides is 1. The van der Waals surface area contributed by atoms with Crippen LogP contribution in [0.1, 0.15) is 10.5 Å². The molecule has 1 heterocycles. The molecule has 0 saturated heterocycles. The summed E-state index contributed by atoms with van der Waals surface area (Å²) in [4.78, 5) is 14.4. The van der Waals surface area contributed by atoms with Gasteiger partial charge in [0.05, 0.1) is 7.11 Å². The van der Waals surface area contributed by atoms with E-state index >= 15 is 0 Å². The number of carbonyl (C=O) groups is 1. The van der Waals surface area contributed by atoms with Crippen molar-refractivity contribution in [2.24, 2.45) is 5.73 Å². The first-order valence-corrected chi connectivity index (χ1v) is 3.53. The van der Waals surface area contributed by atoms with E-state index in [0.717, 1.165) is 0 Å². The minimum absolute atomic E-state index is 0.135. The Labute approximate surface area is 74.3 Å². The van der Waals surface area contributed by atoms with Gasteiger partial charge in [-0.25, -0.2) is 4.98 Å². The topological polar surface area (TPSA) is 65.2 Å². The lowest BCUT2D eigenvalue weighted by Crippen LogP contribution is -2.13. The fourth-order valence-corrected chi connectivity index (χ4v) is 0.886. The monoisotopic (exact) mass is 186 g/mol. The van der Waals surface area contributed by atoms with E-state index < -0.39 is 5.91 Å². The quantitative estimate of drug-likeness (QED) is 0.745. The molecule has 0 unspecified atom stereocenters. The van der Waals surface area contributed by atoms with E-state index in [0.29, 0.717) is 5.02 Å². The Morgan fingerprint density at radius 2 is 2.33 bits per heavy atom. The number of aromatic nitrogens is 1. The highest BCUT2D eigenvalue weighted by atomic mass is 35.5. The molecule has 0 radical (unpaired) electrons. The first kappa shape index (κ1) is 8.80. The van der Waals surface area contributed by atoms with E-state index in [4.69, 9.17) is 22.1 Å². The summed E-state index contributed by atoms with van der Waals surface area (Å²) in [5, 5.41) is 0.350. The molecule has 5 heteroatoms. The molecule has 1 amide bonds. The number of nitrogens with zero attached hydrogens (tertiary/aromatic N) is 1. The van der Waals surface area contributed by atoms with E-state index in [9.17, 15) is 4.79 Å². The molecule has 1 rings (SSSR count). The van der Waals surface area contributed by atoms with Gasteiger partial charge in [0.25, 0.3) is 5.91 Å². The lowest BCUT2D eigenvalue weighted by atomic mass is 10.3. The molecule has 0 aliphatic heterocycles. The number of pyridine rings is 1. The second kappa shape index (κ2) is 3.40. The zero-order valence-corrected chi connectivity index (χ0v) is 7.13. The van der Waals surface area contributed by atoms with E-state index in [2.05, 4.69) is 4.98 Å². The predicted octanol–water partition coefficient (Wildman–Crippen LogP) is 0.842. The molecule has 0 aliphatic carbocycles. The number of rotatable bonds is 2. The minimum Gasteiger partial charge on any atom is -0.480 e. The number of hydrogen-bond acceptors (Lipinski definition) is 3. The minimum atomic E-state index is -0.607. The average Bonchev–Trinajstić information content (AvgIpc) is 2.05. The summed E-state index contributed by atoms with van der Waals surface area (Å²) in [5.41, 5.74) is 5.12. The number of hydrogen-bond donors (Lipinski definition) is 1. The summed E-state index contributed by atoms with van der Waals surface area (Å²) in [7, 11) is 1.42. The highest BCUT2D eigenvalue weighted by molar-refractivity contribution is 6.31. The molecule has 0 spiro atoms. The molecule has 0 saturated carbocycles. The van der Waals surface area contributed by atoms with Crippen molar-refractivity contribution in [2.75, 3.05) is 7.11 Å².